The van der Waals surface area contributed by atoms with Gasteiger partial charge >= 0.3 is 6.18 Å². The van der Waals surface area contributed by atoms with Crippen LogP contribution in [-0.4, -0.2) is 20.9 Å². The fraction of sp³-hybridized carbons (Fsp3) is 0.727. The second-order valence-electron chi connectivity index (χ2n) is 4.90. The van der Waals surface area contributed by atoms with E-state index in [9.17, 15) is 18.0 Å². The molecule has 1 amide bonds. The first kappa shape index (κ1) is 13.8. The monoisotopic (exact) mass is 276 g/mol. The molecule has 0 saturated heterocycles. The number of rotatable bonds is 4. The molecular formula is C11H15F3N4O. The summed E-state index contributed by atoms with van der Waals surface area (Å²) in [7, 11) is 0. The van der Waals surface area contributed by atoms with Crippen molar-refractivity contribution < 1.29 is 18.0 Å². The van der Waals surface area contributed by atoms with Crippen LogP contribution in [-0.2, 0) is 17.4 Å². The molecule has 0 aromatic carbocycles. The van der Waals surface area contributed by atoms with Crippen molar-refractivity contribution in [1.29, 1.82) is 0 Å². The van der Waals surface area contributed by atoms with Gasteiger partial charge in [-0.05, 0) is 25.7 Å². The van der Waals surface area contributed by atoms with Gasteiger partial charge in [0.1, 0.15) is 5.69 Å². The van der Waals surface area contributed by atoms with Crippen molar-refractivity contribution in [2.45, 2.75) is 44.8 Å². The topological polar surface area (TPSA) is 73.8 Å². The Labute approximate surface area is 108 Å². The Morgan fingerprint density at radius 2 is 2.16 bits per heavy atom. The number of primary amides is 1. The standard InChI is InChI=1S/C11H15F3N4O/c1-6(7-3-2-4-7)18-10(11(12,13)14)8(16-17-18)5-9(15)19/h6-7H,2-5H2,1H3,(H2,15,19). The predicted molar refractivity (Wildman–Crippen MR) is 60.0 cm³/mol. The first-order valence-corrected chi connectivity index (χ1v) is 6.10. The maximum Gasteiger partial charge on any atom is 0.434 e. The summed E-state index contributed by atoms with van der Waals surface area (Å²) in [5.74, 6) is -0.668. The number of hydrogen-bond donors (Lipinski definition) is 1. The number of hydrogen-bond acceptors (Lipinski definition) is 3. The zero-order valence-electron chi connectivity index (χ0n) is 10.4. The van der Waals surface area contributed by atoms with Crippen LogP contribution < -0.4 is 5.73 Å². The number of nitrogens with zero attached hydrogens (tertiary/aromatic N) is 3. The van der Waals surface area contributed by atoms with E-state index in [0.717, 1.165) is 23.9 Å². The molecular weight excluding hydrogens is 261 g/mol. The summed E-state index contributed by atoms with van der Waals surface area (Å²) in [6.45, 7) is 1.70. The average Bonchev–Trinajstić information content (AvgIpc) is 2.56. The number of carbonyl (C=O) groups excluding carboxylic acids is 1. The second kappa shape index (κ2) is 4.82. The van der Waals surface area contributed by atoms with Gasteiger partial charge in [-0.25, -0.2) is 4.68 Å². The minimum atomic E-state index is -4.59. The van der Waals surface area contributed by atoms with Crippen molar-refractivity contribution in [3.8, 4) is 0 Å². The molecule has 0 spiro atoms. The molecule has 2 N–H and O–H groups in total. The van der Waals surface area contributed by atoms with Crippen molar-refractivity contribution in [2.24, 2.45) is 11.7 Å². The first-order valence-electron chi connectivity index (χ1n) is 6.10. The molecule has 5 nitrogen and oxygen atoms in total. The number of alkyl halides is 3. The fourth-order valence-corrected chi connectivity index (χ4v) is 2.31. The van der Waals surface area contributed by atoms with E-state index in [4.69, 9.17) is 5.73 Å². The van der Waals surface area contributed by atoms with E-state index < -0.39 is 29.9 Å². The lowest BCUT2D eigenvalue weighted by atomic mass is 9.80. The molecule has 1 heterocycles. The zero-order valence-corrected chi connectivity index (χ0v) is 10.4. The van der Waals surface area contributed by atoms with Crippen LogP contribution in [0.1, 0.15) is 43.6 Å². The van der Waals surface area contributed by atoms with Crippen molar-refractivity contribution in [3.63, 3.8) is 0 Å². The summed E-state index contributed by atoms with van der Waals surface area (Å²) >= 11 is 0. The molecule has 106 valence electrons. The van der Waals surface area contributed by atoms with Gasteiger partial charge in [-0.3, -0.25) is 4.79 Å². The smallest absolute Gasteiger partial charge is 0.369 e. The van der Waals surface area contributed by atoms with Crippen LogP contribution in [0, 0.1) is 5.92 Å². The molecule has 1 aromatic rings. The summed E-state index contributed by atoms with van der Waals surface area (Å²) in [4.78, 5) is 10.8. The Morgan fingerprint density at radius 3 is 2.58 bits per heavy atom. The third-order valence-electron chi connectivity index (χ3n) is 3.59. The molecule has 2 rings (SSSR count). The lowest BCUT2D eigenvalue weighted by Crippen LogP contribution is -2.28. The highest BCUT2D eigenvalue weighted by Crippen LogP contribution is 2.39. The summed E-state index contributed by atoms with van der Waals surface area (Å²) in [5, 5.41) is 7.05. The number of amides is 1. The normalized spacial score (nSPS) is 18.1. The van der Waals surface area contributed by atoms with Gasteiger partial charge in [0.2, 0.25) is 5.91 Å². The molecule has 1 fully saturated rings. The Kier molecular flexibility index (Phi) is 3.51. The lowest BCUT2D eigenvalue weighted by Gasteiger charge is -2.32. The van der Waals surface area contributed by atoms with Gasteiger partial charge < -0.3 is 5.73 Å². The predicted octanol–water partition coefficient (Wildman–Crippen LogP) is 1.69. The summed E-state index contributed by atoms with van der Waals surface area (Å²) < 4.78 is 40.1. The molecule has 1 atom stereocenters. The van der Waals surface area contributed by atoms with Crippen LogP contribution in [0.3, 0.4) is 0 Å². The second-order valence-corrected chi connectivity index (χ2v) is 4.90. The third kappa shape index (κ3) is 2.71. The summed E-state index contributed by atoms with van der Waals surface area (Å²) in [5.41, 5.74) is 3.59. The maximum atomic E-state index is 13.1. The van der Waals surface area contributed by atoms with Crippen LogP contribution in [0.2, 0.25) is 0 Å². The first-order chi connectivity index (χ1) is 8.80. The maximum absolute atomic E-state index is 13.1. The van der Waals surface area contributed by atoms with Gasteiger partial charge in [-0.1, -0.05) is 11.6 Å². The highest BCUT2D eigenvalue weighted by molar-refractivity contribution is 5.76. The molecule has 8 heteroatoms. The molecule has 0 bridgehead atoms. The summed E-state index contributed by atoms with van der Waals surface area (Å²) in [6.07, 6.45) is -2.33. The van der Waals surface area contributed by atoms with Crippen LogP contribution in [0.25, 0.3) is 0 Å². The van der Waals surface area contributed by atoms with E-state index in [1.165, 1.54) is 0 Å². The van der Waals surface area contributed by atoms with Gasteiger partial charge in [-0.15, -0.1) is 5.10 Å². The lowest BCUT2D eigenvalue weighted by molar-refractivity contribution is -0.146. The molecule has 0 aliphatic heterocycles. The van der Waals surface area contributed by atoms with Gasteiger partial charge in [0.25, 0.3) is 0 Å². The number of nitrogens with two attached hydrogens (primary N) is 1. The van der Waals surface area contributed by atoms with Crippen molar-refractivity contribution in [3.05, 3.63) is 11.4 Å². The SMILES string of the molecule is CC(C1CCC1)n1nnc(CC(N)=O)c1C(F)(F)F. The molecule has 19 heavy (non-hydrogen) atoms. The Bertz CT molecular complexity index is 479. The van der Waals surface area contributed by atoms with E-state index >= 15 is 0 Å². The quantitative estimate of drug-likeness (QED) is 0.909. The van der Waals surface area contributed by atoms with Crippen LogP contribution in [0.4, 0.5) is 13.2 Å². The fourth-order valence-electron chi connectivity index (χ4n) is 2.31. The van der Waals surface area contributed by atoms with Crippen LogP contribution in [0.15, 0.2) is 0 Å². The van der Waals surface area contributed by atoms with Crippen molar-refractivity contribution in [2.75, 3.05) is 0 Å². The summed E-state index contributed by atoms with van der Waals surface area (Å²) in [6, 6.07) is -0.375. The van der Waals surface area contributed by atoms with Gasteiger partial charge in [0.15, 0.2) is 5.69 Å². The Balaban J connectivity index is 2.37. The van der Waals surface area contributed by atoms with Crippen molar-refractivity contribution in [1.82, 2.24) is 15.0 Å². The van der Waals surface area contributed by atoms with Crippen molar-refractivity contribution >= 4 is 5.91 Å². The van der Waals surface area contributed by atoms with E-state index in [2.05, 4.69) is 10.3 Å². The third-order valence-corrected chi connectivity index (χ3v) is 3.59. The molecule has 1 saturated carbocycles. The van der Waals surface area contributed by atoms with E-state index in [0.29, 0.717) is 0 Å². The molecule has 1 aromatic heterocycles. The van der Waals surface area contributed by atoms with Gasteiger partial charge in [0.05, 0.1) is 12.5 Å². The molecule has 1 unspecified atom stereocenters. The zero-order chi connectivity index (χ0) is 14.2. The van der Waals surface area contributed by atoms with E-state index in [1.807, 2.05) is 0 Å². The largest absolute Gasteiger partial charge is 0.434 e. The van der Waals surface area contributed by atoms with Crippen LogP contribution >= 0.6 is 0 Å². The van der Waals surface area contributed by atoms with E-state index in [-0.39, 0.29) is 12.0 Å². The minimum Gasteiger partial charge on any atom is -0.369 e. The minimum absolute atomic E-state index is 0.184. The number of aromatic nitrogens is 3. The van der Waals surface area contributed by atoms with Crippen LogP contribution in [0.5, 0.6) is 0 Å². The Hall–Kier alpha value is -1.60. The van der Waals surface area contributed by atoms with Gasteiger partial charge in [-0.2, -0.15) is 13.2 Å². The number of carbonyl (C=O) groups is 1. The Morgan fingerprint density at radius 1 is 1.53 bits per heavy atom. The molecule has 1 aliphatic rings. The number of halogens is 3. The average molecular weight is 276 g/mol. The highest BCUT2D eigenvalue weighted by atomic mass is 19.4. The molecule has 1 aliphatic carbocycles. The molecule has 0 radical (unpaired) electrons. The highest BCUT2D eigenvalue weighted by Gasteiger charge is 2.42. The van der Waals surface area contributed by atoms with Gasteiger partial charge in [0, 0.05) is 0 Å². The van der Waals surface area contributed by atoms with E-state index in [1.54, 1.807) is 6.92 Å².